The number of halogens is 1. The Kier molecular flexibility index (Phi) is 5.07. The Morgan fingerprint density at radius 3 is 2.31 bits per heavy atom. The zero-order valence-electron chi connectivity index (χ0n) is 15.9. The first-order valence-electron chi connectivity index (χ1n) is 9.22. The summed E-state index contributed by atoms with van der Waals surface area (Å²) in [5.74, 6) is -0.154. The fourth-order valence-electron chi connectivity index (χ4n) is 3.64. The van der Waals surface area contributed by atoms with E-state index in [1.165, 1.54) is 6.92 Å². The molecule has 0 aliphatic carbocycles. The summed E-state index contributed by atoms with van der Waals surface area (Å²) in [6, 6.07) is 22.6. The monoisotopic (exact) mass is 446 g/mol. The first-order chi connectivity index (χ1) is 14.0. The van der Waals surface area contributed by atoms with Gasteiger partial charge in [-0.3, -0.25) is 14.2 Å². The normalized spacial score (nSPS) is 11.0. The number of nitrogens with two attached hydrogens (primary N) is 1. The van der Waals surface area contributed by atoms with Crippen molar-refractivity contribution in [3.63, 3.8) is 0 Å². The van der Waals surface area contributed by atoms with E-state index in [4.69, 9.17) is 5.73 Å². The van der Waals surface area contributed by atoms with E-state index in [1.807, 2.05) is 54.6 Å². The zero-order chi connectivity index (χ0) is 20.5. The van der Waals surface area contributed by atoms with Gasteiger partial charge in [-0.05, 0) is 46.8 Å². The number of nitrogens with zero attached hydrogens (tertiary/aromatic N) is 1. The van der Waals surface area contributed by atoms with Gasteiger partial charge in [0.25, 0.3) is 5.56 Å². The number of hydrogen-bond acceptors (Lipinski definition) is 3. The second kappa shape index (κ2) is 7.68. The van der Waals surface area contributed by atoms with Crippen molar-refractivity contribution in [3.8, 4) is 11.1 Å². The van der Waals surface area contributed by atoms with E-state index in [0.29, 0.717) is 23.3 Å². The number of pyridine rings is 1. The number of ketones is 1. The van der Waals surface area contributed by atoms with Gasteiger partial charge in [0.15, 0.2) is 5.78 Å². The van der Waals surface area contributed by atoms with Crippen LogP contribution < -0.4 is 11.3 Å². The molecule has 4 aromatic rings. The van der Waals surface area contributed by atoms with Gasteiger partial charge in [0.1, 0.15) is 0 Å². The number of anilines is 1. The van der Waals surface area contributed by atoms with Crippen molar-refractivity contribution >= 4 is 38.2 Å². The number of benzene rings is 3. The number of Topliss-reactive ketones (excluding diaryl/α,β-unsaturated/α-hetero) is 1. The predicted molar refractivity (Wildman–Crippen MR) is 121 cm³/mol. The Hall–Kier alpha value is -3.18. The smallest absolute Gasteiger partial charge is 0.259 e. The minimum absolute atomic E-state index is 0.154. The molecule has 0 unspecified atom stereocenters. The average molecular weight is 447 g/mol. The van der Waals surface area contributed by atoms with E-state index in [1.54, 1.807) is 22.8 Å². The second-order valence-corrected chi connectivity index (χ2v) is 7.88. The van der Waals surface area contributed by atoms with Crippen LogP contribution in [0.25, 0.3) is 21.9 Å². The lowest BCUT2D eigenvalue weighted by Crippen LogP contribution is -2.27. The van der Waals surface area contributed by atoms with Crippen LogP contribution in [-0.4, -0.2) is 10.4 Å². The Balaban J connectivity index is 2.10. The molecule has 3 aromatic carbocycles. The molecule has 0 amide bonds. The predicted octanol–water partition coefficient (Wildman–Crippen LogP) is 5.26. The van der Waals surface area contributed by atoms with Crippen LogP contribution >= 0.6 is 15.9 Å². The number of carbonyl (C=O) groups excluding carboxylic acids is 1. The minimum Gasteiger partial charge on any atom is -0.399 e. The molecule has 0 fully saturated rings. The van der Waals surface area contributed by atoms with Gasteiger partial charge in [-0.2, -0.15) is 0 Å². The van der Waals surface area contributed by atoms with E-state index in [-0.39, 0.29) is 11.3 Å². The molecular formula is C24H19BrN2O2. The van der Waals surface area contributed by atoms with Crippen LogP contribution in [0.4, 0.5) is 5.69 Å². The summed E-state index contributed by atoms with van der Waals surface area (Å²) in [4.78, 5) is 26.2. The lowest BCUT2D eigenvalue weighted by Gasteiger charge is -2.19. The number of nitrogen functional groups attached to an aromatic ring is 1. The highest BCUT2D eigenvalue weighted by Gasteiger charge is 2.21. The fraction of sp³-hybridized carbons (Fsp3) is 0.0833. The Bertz CT molecular complexity index is 1280. The number of rotatable bonds is 4. The largest absolute Gasteiger partial charge is 0.399 e. The van der Waals surface area contributed by atoms with Gasteiger partial charge >= 0.3 is 0 Å². The van der Waals surface area contributed by atoms with Crippen LogP contribution in [0.3, 0.4) is 0 Å². The van der Waals surface area contributed by atoms with E-state index in [9.17, 15) is 9.59 Å². The summed E-state index contributed by atoms with van der Waals surface area (Å²) in [5, 5.41) is 1.34. The Labute approximate surface area is 176 Å². The summed E-state index contributed by atoms with van der Waals surface area (Å²) in [6.45, 7) is 1.80. The Morgan fingerprint density at radius 2 is 1.66 bits per heavy atom. The van der Waals surface area contributed by atoms with Gasteiger partial charge in [0, 0.05) is 28.0 Å². The van der Waals surface area contributed by atoms with E-state index < -0.39 is 0 Å². The third kappa shape index (κ3) is 3.61. The topological polar surface area (TPSA) is 65.1 Å². The van der Waals surface area contributed by atoms with Crippen molar-refractivity contribution in [2.75, 3.05) is 5.73 Å². The maximum absolute atomic E-state index is 13.4. The van der Waals surface area contributed by atoms with Crippen LogP contribution in [0.1, 0.15) is 23.0 Å². The van der Waals surface area contributed by atoms with Crippen molar-refractivity contribution in [2.24, 2.45) is 0 Å². The maximum atomic E-state index is 13.4. The van der Waals surface area contributed by atoms with Crippen LogP contribution in [0.2, 0.25) is 0 Å². The fourth-order valence-corrected chi connectivity index (χ4v) is 4.00. The molecule has 0 aliphatic heterocycles. The summed E-state index contributed by atoms with van der Waals surface area (Å²) in [7, 11) is 0. The van der Waals surface area contributed by atoms with Crippen LogP contribution in [-0.2, 0) is 6.54 Å². The van der Waals surface area contributed by atoms with Gasteiger partial charge in [0.05, 0.1) is 12.2 Å². The van der Waals surface area contributed by atoms with E-state index in [0.717, 1.165) is 26.5 Å². The van der Waals surface area contributed by atoms with Crippen LogP contribution in [0.5, 0.6) is 0 Å². The van der Waals surface area contributed by atoms with Crippen molar-refractivity contribution in [2.45, 2.75) is 13.5 Å². The van der Waals surface area contributed by atoms with Gasteiger partial charge in [-0.25, -0.2) is 0 Å². The van der Waals surface area contributed by atoms with Gasteiger partial charge in [-0.1, -0.05) is 58.4 Å². The molecule has 0 atom stereocenters. The highest BCUT2D eigenvalue weighted by molar-refractivity contribution is 9.10. The molecule has 5 heteroatoms. The van der Waals surface area contributed by atoms with Crippen molar-refractivity contribution in [1.29, 1.82) is 0 Å². The van der Waals surface area contributed by atoms with Gasteiger partial charge in [-0.15, -0.1) is 0 Å². The molecule has 1 heterocycles. The molecule has 29 heavy (non-hydrogen) atoms. The standard InChI is InChI=1S/C24H19BrN2O2/c1-15(28)23-22(17-5-3-2-4-6-17)21-13-18(25)9-12-20(21)24(29)27(23)14-16-7-10-19(26)11-8-16/h2-13H,14,26H2,1H3. The molecule has 2 N–H and O–H groups in total. The zero-order valence-corrected chi connectivity index (χ0v) is 17.4. The van der Waals surface area contributed by atoms with Gasteiger partial charge in [0.2, 0.25) is 0 Å². The molecular weight excluding hydrogens is 428 g/mol. The first-order valence-corrected chi connectivity index (χ1v) is 10.0. The highest BCUT2D eigenvalue weighted by atomic mass is 79.9. The van der Waals surface area contributed by atoms with Gasteiger partial charge < -0.3 is 5.73 Å². The van der Waals surface area contributed by atoms with Crippen LogP contribution in [0, 0.1) is 0 Å². The number of fused-ring (bicyclic) bond motifs is 1. The van der Waals surface area contributed by atoms with Crippen molar-refractivity contribution in [3.05, 3.63) is 98.9 Å². The molecule has 4 rings (SSSR count). The molecule has 0 radical (unpaired) electrons. The summed E-state index contributed by atoms with van der Waals surface area (Å²) >= 11 is 3.50. The van der Waals surface area contributed by atoms with E-state index in [2.05, 4.69) is 15.9 Å². The number of hydrogen-bond donors (Lipinski definition) is 1. The third-order valence-corrected chi connectivity index (χ3v) is 5.44. The van der Waals surface area contributed by atoms with Crippen molar-refractivity contribution in [1.82, 2.24) is 4.57 Å². The lowest BCUT2D eigenvalue weighted by atomic mass is 9.95. The molecule has 0 bridgehead atoms. The summed E-state index contributed by atoms with van der Waals surface area (Å²) < 4.78 is 2.43. The number of carbonyl (C=O) groups is 1. The molecule has 0 saturated carbocycles. The third-order valence-electron chi connectivity index (χ3n) is 4.95. The molecule has 1 aromatic heterocycles. The molecule has 0 saturated heterocycles. The first kappa shape index (κ1) is 19.2. The molecule has 0 spiro atoms. The molecule has 0 aliphatic rings. The maximum Gasteiger partial charge on any atom is 0.259 e. The number of aromatic nitrogens is 1. The van der Waals surface area contributed by atoms with Crippen LogP contribution in [0.15, 0.2) is 82.1 Å². The summed E-state index contributed by atoms with van der Waals surface area (Å²) in [6.07, 6.45) is 0. The SMILES string of the molecule is CC(=O)c1c(-c2ccccc2)c2cc(Br)ccc2c(=O)n1Cc1ccc(N)cc1. The minimum atomic E-state index is -0.186. The second-order valence-electron chi connectivity index (χ2n) is 6.97. The Morgan fingerprint density at radius 1 is 0.966 bits per heavy atom. The van der Waals surface area contributed by atoms with E-state index >= 15 is 0 Å². The van der Waals surface area contributed by atoms with Crippen molar-refractivity contribution < 1.29 is 4.79 Å². The average Bonchev–Trinajstić information content (AvgIpc) is 2.71. The quantitative estimate of drug-likeness (QED) is 0.343. The molecule has 144 valence electrons. The lowest BCUT2D eigenvalue weighted by molar-refractivity contribution is 0.100. The highest BCUT2D eigenvalue weighted by Crippen LogP contribution is 2.33. The summed E-state index contributed by atoms with van der Waals surface area (Å²) in [5.41, 5.74) is 9.23. The molecule has 4 nitrogen and oxygen atoms in total.